The van der Waals surface area contributed by atoms with Gasteiger partial charge < -0.3 is 24.4 Å². The molecule has 1 unspecified atom stereocenters. The highest BCUT2D eigenvalue weighted by Crippen LogP contribution is 2.39. The largest absolute Gasteiger partial charge is 0.493 e. The van der Waals surface area contributed by atoms with Gasteiger partial charge in [-0.1, -0.05) is 6.92 Å². The van der Waals surface area contributed by atoms with Crippen molar-refractivity contribution < 1.29 is 28.6 Å². The minimum absolute atomic E-state index is 0.0472. The summed E-state index contributed by atoms with van der Waals surface area (Å²) in [6.45, 7) is 4.85. The number of hydrogen-bond donors (Lipinski definition) is 1. The normalized spacial score (nSPS) is 15.6. The molecule has 2 amide bonds. The van der Waals surface area contributed by atoms with Crippen molar-refractivity contribution in [2.75, 3.05) is 39.2 Å². The van der Waals surface area contributed by atoms with Gasteiger partial charge >= 0.3 is 5.97 Å². The number of esters is 1. The monoisotopic (exact) mass is 474 g/mol. The molecule has 178 valence electrons. The van der Waals surface area contributed by atoms with Crippen molar-refractivity contribution in [1.29, 1.82) is 0 Å². The summed E-state index contributed by atoms with van der Waals surface area (Å²) in [7, 11) is 3.12. The summed E-state index contributed by atoms with van der Waals surface area (Å²) >= 11 is 1.24. The third kappa shape index (κ3) is 5.65. The Morgan fingerprint density at radius 2 is 1.88 bits per heavy atom. The van der Waals surface area contributed by atoms with Crippen LogP contribution in [-0.2, 0) is 14.3 Å². The van der Waals surface area contributed by atoms with Crippen LogP contribution in [0, 0.1) is 5.92 Å². The molecule has 0 radical (unpaired) electrons. The summed E-state index contributed by atoms with van der Waals surface area (Å²) in [5.74, 6) is 0.191. The third-order valence-electron chi connectivity index (χ3n) is 5.57. The Labute approximate surface area is 197 Å². The fourth-order valence-electron chi connectivity index (χ4n) is 3.84. The first-order valence-electron chi connectivity index (χ1n) is 11.0. The molecule has 0 aliphatic carbocycles. The predicted molar refractivity (Wildman–Crippen MR) is 127 cm³/mol. The van der Waals surface area contributed by atoms with Crippen molar-refractivity contribution in [3.63, 3.8) is 0 Å². The van der Waals surface area contributed by atoms with E-state index in [1.807, 2.05) is 19.1 Å². The van der Waals surface area contributed by atoms with Crippen LogP contribution >= 0.6 is 11.3 Å². The van der Waals surface area contributed by atoms with Crippen molar-refractivity contribution in [2.24, 2.45) is 5.92 Å². The van der Waals surface area contributed by atoms with Crippen molar-refractivity contribution in [1.82, 2.24) is 4.90 Å². The number of methoxy groups -OCH3 is 2. The van der Waals surface area contributed by atoms with Crippen molar-refractivity contribution in [3.8, 4) is 21.9 Å². The van der Waals surface area contributed by atoms with Gasteiger partial charge in [-0.3, -0.25) is 9.59 Å². The first-order chi connectivity index (χ1) is 15.9. The van der Waals surface area contributed by atoms with Crippen molar-refractivity contribution >= 4 is 34.8 Å². The fraction of sp³-hybridized carbons (Fsp3) is 0.458. The van der Waals surface area contributed by atoms with Crippen LogP contribution < -0.4 is 14.8 Å². The molecule has 0 saturated carbocycles. The summed E-state index contributed by atoms with van der Waals surface area (Å²) < 4.78 is 15.9. The second-order valence-corrected chi connectivity index (χ2v) is 8.72. The number of nitrogens with zero attached hydrogens (tertiary/aromatic N) is 1. The molecule has 2 heterocycles. The molecule has 9 heteroatoms. The van der Waals surface area contributed by atoms with Gasteiger partial charge in [-0.25, -0.2) is 4.79 Å². The summed E-state index contributed by atoms with van der Waals surface area (Å²) in [5, 5.41) is 2.92. The second-order valence-electron chi connectivity index (χ2n) is 7.67. The van der Waals surface area contributed by atoms with Gasteiger partial charge in [0.25, 0.3) is 0 Å². The van der Waals surface area contributed by atoms with Crippen LogP contribution in [0.5, 0.6) is 11.5 Å². The number of amides is 2. The molecule has 1 saturated heterocycles. The quantitative estimate of drug-likeness (QED) is 0.577. The number of benzene rings is 1. The average molecular weight is 475 g/mol. The van der Waals surface area contributed by atoms with E-state index >= 15 is 0 Å². The molecule has 1 aromatic carbocycles. The molecule has 2 aromatic rings. The number of likely N-dealkylation sites (tertiary alicyclic amines) is 1. The van der Waals surface area contributed by atoms with Crippen LogP contribution in [0.1, 0.15) is 42.8 Å². The lowest BCUT2D eigenvalue weighted by Crippen LogP contribution is -2.43. The van der Waals surface area contributed by atoms with E-state index in [4.69, 9.17) is 14.2 Å². The van der Waals surface area contributed by atoms with E-state index in [0.29, 0.717) is 48.0 Å². The van der Waals surface area contributed by atoms with E-state index in [1.54, 1.807) is 38.2 Å². The summed E-state index contributed by atoms with van der Waals surface area (Å²) in [6, 6.07) is 7.25. The van der Waals surface area contributed by atoms with Gasteiger partial charge in [-0.2, -0.15) is 0 Å². The number of hydrogen-bond acceptors (Lipinski definition) is 7. The second kappa shape index (κ2) is 11.2. The van der Waals surface area contributed by atoms with E-state index in [-0.39, 0.29) is 24.3 Å². The van der Waals surface area contributed by atoms with Crippen LogP contribution in [-0.4, -0.2) is 56.6 Å². The molecule has 1 atom stereocenters. The standard InChI is InChI=1S/C24H30N2O6S/c1-5-21(27)26-11-7-8-16(14-26)23(28)25-17-13-20(33-22(17)24(29)32-6-2)15-9-10-18(30-3)19(12-15)31-4/h9-10,12-13,16H,5-8,11,14H2,1-4H3,(H,25,28). The molecule has 0 bridgehead atoms. The molecule has 33 heavy (non-hydrogen) atoms. The number of carbonyl (C=O) groups excluding carboxylic acids is 3. The number of nitrogens with one attached hydrogen (secondary N) is 1. The smallest absolute Gasteiger partial charge is 0.350 e. The number of ether oxygens (including phenoxy) is 3. The molecule has 1 N–H and O–H groups in total. The molecule has 3 rings (SSSR count). The highest BCUT2D eigenvalue weighted by atomic mass is 32.1. The van der Waals surface area contributed by atoms with E-state index in [0.717, 1.165) is 16.9 Å². The maximum absolute atomic E-state index is 13.1. The molecule has 1 aliphatic rings. The highest BCUT2D eigenvalue weighted by molar-refractivity contribution is 7.18. The summed E-state index contributed by atoms with van der Waals surface area (Å²) in [4.78, 5) is 40.6. The van der Waals surface area contributed by atoms with Gasteiger partial charge in [0.2, 0.25) is 11.8 Å². The Morgan fingerprint density at radius 1 is 1.12 bits per heavy atom. The Bertz CT molecular complexity index is 1020. The van der Waals surface area contributed by atoms with Crippen LogP contribution in [0.15, 0.2) is 24.3 Å². The lowest BCUT2D eigenvalue weighted by molar-refractivity contribution is -0.134. The van der Waals surface area contributed by atoms with Gasteiger partial charge in [0.15, 0.2) is 11.5 Å². The zero-order chi connectivity index (χ0) is 24.0. The van der Waals surface area contributed by atoms with Gasteiger partial charge in [0, 0.05) is 24.4 Å². The third-order valence-corrected chi connectivity index (χ3v) is 6.73. The Kier molecular flexibility index (Phi) is 8.32. The number of thiophene rings is 1. The maximum Gasteiger partial charge on any atom is 0.350 e. The molecule has 1 aromatic heterocycles. The Morgan fingerprint density at radius 3 is 2.55 bits per heavy atom. The van der Waals surface area contributed by atoms with Crippen LogP contribution in [0.3, 0.4) is 0 Å². The maximum atomic E-state index is 13.1. The van der Waals surface area contributed by atoms with E-state index in [1.165, 1.54) is 11.3 Å². The van der Waals surface area contributed by atoms with Crippen LogP contribution in [0.25, 0.3) is 10.4 Å². The predicted octanol–water partition coefficient (Wildman–Crippen LogP) is 4.20. The molecule has 0 spiro atoms. The zero-order valence-corrected chi connectivity index (χ0v) is 20.3. The summed E-state index contributed by atoms with van der Waals surface area (Å²) in [5.41, 5.74) is 1.23. The lowest BCUT2D eigenvalue weighted by Gasteiger charge is -2.31. The van der Waals surface area contributed by atoms with Gasteiger partial charge in [0.1, 0.15) is 4.88 Å². The molecule has 1 aliphatic heterocycles. The van der Waals surface area contributed by atoms with Crippen LogP contribution in [0.2, 0.25) is 0 Å². The first kappa shape index (κ1) is 24.6. The van der Waals surface area contributed by atoms with Crippen LogP contribution in [0.4, 0.5) is 5.69 Å². The Balaban J connectivity index is 1.88. The zero-order valence-electron chi connectivity index (χ0n) is 19.4. The number of anilines is 1. The minimum Gasteiger partial charge on any atom is -0.493 e. The number of carbonyl (C=O) groups is 3. The van der Waals surface area contributed by atoms with Crippen molar-refractivity contribution in [3.05, 3.63) is 29.1 Å². The van der Waals surface area contributed by atoms with E-state index < -0.39 is 5.97 Å². The van der Waals surface area contributed by atoms with Gasteiger partial charge in [-0.15, -0.1) is 11.3 Å². The lowest BCUT2D eigenvalue weighted by atomic mass is 9.96. The SMILES string of the molecule is CCOC(=O)c1sc(-c2ccc(OC)c(OC)c2)cc1NC(=O)C1CCCN(C(=O)CC)C1. The summed E-state index contributed by atoms with van der Waals surface area (Å²) in [6.07, 6.45) is 1.89. The molecular weight excluding hydrogens is 444 g/mol. The highest BCUT2D eigenvalue weighted by Gasteiger charge is 2.29. The van der Waals surface area contributed by atoms with Gasteiger partial charge in [-0.05, 0) is 49.6 Å². The molecular formula is C24H30N2O6S. The number of piperidine rings is 1. The average Bonchev–Trinajstić information content (AvgIpc) is 3.27. The van der Waals surface area contributed by atoms with E-state index in [9.17, 15) is 14.4 Å². The topological polar surface area (TPSA) is 94.2 Å². The fourth-order valence-corrected chi connectivity index (χ4v) is 4.84. The van der Waals surface area contributed by atoms with Crippen molar-refractivity contribution in [2.45, 2.75) is 33.1 Å². The van der Waals surface area contributed by atoms with Gasteiger partial charge in [0.05, 0.1) is 32.4 Å². The number of rotatable bonds is 8. The molecule has 8 nitrogen and oxygen atoms in total. The van der Waals surface area contributed by atoms with E-state index in [2.05, 4.69) is 5.32 Å². The molecule has 1 fully saturated rings. The Hall–Kier alpha value is -3.07. The minimum atomic E-state index is -0.490. The first-order valence-corrected chi connectivity index (χ1v) is 11.8.